The van der Waals surface area contributed by atoms with Crippen molar-refractivity contribution in [1.82, 2.24) is 10.3 Å². The number of nitrogens with one attached hydrogen (secondary N) is 1. The zero-order chi connectivity index (χ0) is 11.4. The SMILES string of the molecule is CC(C)CC1CSC(=NCc2cncs2)N1. The molecule has 5 heteroatoms. The van der Waals surface area contributed by atoms with Gasteiger partial charge >= 0.3 is 0 Å². The molecule has 0 saturated carbocycles. The Labute approximate surface area is 105 Å². The van der Waals surface area contributed by atoms with Gasteiger partial charge in [-0.3, -0.25) is 9.98 Å². The normalized spacial score (nSPS) is 22.9. The molecule has 0 amide bonds. The van der Waals surface area contributed by atoms with E-state index in [-0.39, 0.29) is 0 Å². The predicted octanol–water partition coefficient (Wildman–Crippen LogP) is 2.75. The van der Waals surface area contributed by atoms with E-state index in [0.29, 0.717) is 6.04 Å². The highest BCUT2D eigenvalue weighted by Crippen LogP contribution is 2.19. The van der Waals surface area contributed by atoms with Crippen LogP contribution in [-0.4, -0.2) is 21.9 Å². The Balaban J connectivity index is 1.81. The van der Waals surface area contributed by atoms with Crippen LogP contribution in [0.1, 0.15) is 25.1 Å². The van der Waals surface area contributed by atoms with Gasteiger partial charge < -0.3 is 5.32 Å². The molecule has 0 aliphatic carbocycles. The first kappa shape index (κ1) is 11.9. The molecule has 0 aromatic carbocycles. The maximum absolute atomic E-state index is 4.56. The molecule has 1 aliphatic rings. The molecule has 0 radical (unpaired) electrons. The summed E-state index contributed by atoms with van der Waals surface area (Å²) in [6.07, 6.45) is 3.12. The lowest BCUT2D eigenvalue weighted by molar-refractivity contribution is 0.502. The van der Waals surface area contributed by atoms with Crippen molar-refractivity contribution in [3.05, 3.63) is 16.6 Å². The van der Waals surface area contributed by atoms with Crippen molar-refractivity contribution >= 4 is 28.3 Å². The van der Waals surface area contributed by atoms with E-state index in [0.717, 1.165) is 23.4 Å². The Morgan fingerprint density at radius 3 is 3.19 bits per heavy atom. The third-order valence-corrected chi connectivity index (χ3v) is 4.22. The highest BCUT2D eigenvalue weighted by molar-refractivity contribution is 8.14. The first-order valence-electron chi connectivity index (χ1n) is 5.55. The Morgan fingerprint density at radius 1 is 1.62 bits per heavy atom. The average molecular weight is 255 g/mol. The lowest BCUT2D eigenvalue weighted by Gasteiger charge is -2.11. The summed E-state index contributed by atoms with van der Waals surface area (Å²) in [5.41, 5.74) is 1.85. The minimum Gasteiger partial charge on any atom is -0.361 e. The number of nitrogens with zero attached hydrogens (tertiary/aromatic N) is 2. The molecule has 0 spiro atoms. The molecule has 0 bridgehead atoms. The molecule has 2 heterocycles. The molecule has 88 valence electrons. The molecule has 2 rings (SSSR count). The molecule has 1 unspecified atom stereocenters. The van der Waals surface area contributed by atoms with Gasteiger partial charge in [0.25, 0.3) is 0 Å². The number of thioether (sulfide) groups is 1. The zero-order valence-electron chi connectivity index (χ0n) is 9.64. The van der Waals surface area contributed by atoms with Crippen LogP contribution in [-0.2, 0) is 6.54 Å². The number of hydrogen-bond acceptors (Lipinski definition) is 4. The number of thiazole rings is 1. The van der Waals surface area contributed by atoms with Crippen LogP contribution in [0.5, 0.6) is 0 Å². The first-order chi connectivity index (χ1) is 7.74. The van der Waals surface area contributed by atoms with Gasteiger partial charge in [0.2, 0.25) is 0 Å². The summed E-state index contributed by atoms with van der Waals surface area (Å²) in [6.45, 7) is 5.28. The van der Waals surface area contributed by atoms with E-state index in [9.17, 15) is 0 Å². The molecular weight excluding hydrogens is 238 g/mol. The van der Waals surface area contributed by atoms with Crippen molar-refractivity contribution in [3.8, 4) is 0 Å². The number of rotatable bonds is 4. The van der Waals surface area contributed by atoms with Crippen molar-refractivity contribution in [2.45, 2.75) is 32.9 Å². The van der Waals surface area contributed by atoms with E-state index in [2.05, 4.69) is 29.1 Å². The molecule has 16 heavy (non-hydrogen) atoms. The molecule has 1 aromatic heterocycles. The van der Waals surface area contributed by atoms with Crippen LogP contribution in [0.2, 0.25) is 0 Å². The van der Waals surface area contributed by atoms with Gasteiger partial charge in [0.05, 0.1) is 12.1 Å². The fourth-order valence-corrected chi connectivity index (χ4v) is 3.20. The molecule has 1 aliphatic heterocycles. The number of hydrogen-bond donors (Lipinski definition) is 1. The van der Waals surface area contributed by atoms with Gasteiger partial charge in [-0.2, -0.15) is 0 Å². The average Bonchev–Trinajstić information content (AvgIpc) is 2.84. The molecule has 1 saturated heterocycles. The van der Waals surface area contributed by atoms with Gasteiger partial charge in [0, 0.05) is 22.9 Å². The molecule has 1 aromatic rings. The zero-order valence-corrected chi connectivity index (χ0v) is 11.3. The van der Waals surface area contributed by atoms with Crippen molar-refractivity contribution in [2.75, 3.05) is 5.75 Å². The lowest BCUT2D eigenvalue weighted by atomic mass is 10.1. The van der Waals surface area contributed by atoms with E-state index in [1.165, 1.54) is 11.3 Å². The highest BCUT2D eigenvalue weighted by Gasteiger charge is 2.20. The second-order valence-electron chi connectivity index (χ2n) is 4.37. The van der Waals surface area contributed by atoms with Crippen LogP contribution < -0.4 is 5.32 Å². The van der Waals surface area contributed by atoms with E-state index in [4.69, 9.17) is 0 Å². The predicted molar refractivity (Wildman–Crippen MR) is 72.1 cm³/mol. The molecule has 1 N–H and O–H groups in total. The van der Waals surface area contributed by atoms with Crippen LogP contribution >= 0.6 is 23.1 Å². The summed E-state index contributed by atoms with van der Waals surface area (Å²) in [5.74, 6) is 1.90. The molecule has 3 nitrogen and oxygen atoms in total. The summed E-state index contributed by atoms with van der Waals surface area (Å²) in [7, 11) is 0. The third kappa shape index (κ3) is 3.49. The van der Waals surface area contributed by atoms with Crippen LogP contribution in [0.4, 0.5) is 0 Å². The summed E-state index contributed by atoms with van der Waals surface area (Å²) < 4.78 is 0. The van der Waals surface area contributed by atoms with Crippen LogP contribution in [0.3, 0.4) is 0 Å². The van der Waals surface area contributed by atoms with Gasteiger partial charge in [0.15, 0.2) is 5.17 Å². The van der Waals surface area contributed by atoms with Crippen molar-refractivity contribution in [2.24, 2.45) is 10.9 Å². The van der Waals surface area contributed by atoms with Crippen molar-refractivity contribution in [3.63, 3.8) is 0 Å². The quantitative estimate of drug-likeness (QED) is 0.899. The minimum absolute atomic E-state index is 0.602. The maximum atomic E-state index is 4.56. The number of amidine groups is 1. The van der Waals surface area contributed by atoms with Gasteiger partial charge in [0.1, 0.15) is 0 Å². The topological polar surface area (TPSA) is 37.3 Å². The number of aromatic nitrogens is 1. The van der Waals surface area contributed by atoms with Crippen molar-refractivity contribution < 1.29 is 0 Å². The summed E-state index contributed by atoms with van der Waals surface area (Å²) in [4.78, 5) is 9.83. The maximum Gasteiger partial charge on any atom is 0.157 e. The Hall–Kier alpha value is -0.550. The van der Waals surface area contributed by atoms with Crippen LogP contribution in [0, 0.1) is 5.92 Å². The standard InChI is InChI=1S/C11H17N3S2/c1-8(2)3-9-6-15-11(14-9)13-5-10-4-12-7-16-10/h4,7-9H,3,5-6H2,1-2H3,(H,13,14). The Kier molecular flexibility index (Phi) is 4.23. The monoisotopic (exact) mass is 255 g/mol. The largest absolute Gasteiger partial charge is 0.361 e. The first-order valence-corrected chi connectivity index (χ1v) is 7.41. The van der Waals surface area contributed by atoms with Crippen molar-refractivity contribution in [1.29, 1.82) is 0 Å². The van der Waals surface area contributed by atoms with Gasteiger partial charge in [-0.15, -0.1) is 11.3 Å². The lowest BCUT2D eigenvalue weighted by Crippen LogP contribution is -2.28. The minimum atomic E-state index is 0.602. The van der Waals surface area contributed by atoms with E-state index in [1.807, 2.05) is 23.5 Å². The van der Waals surface area contributed by atoms with Gasteiger partial charge in [-0.25, -0.2) is 0 Å². The smallest absolute Gasteiger partial charge is 0.157 e. The second kappa shape index (κ2) is 5.68. The van der Waals surface area contributed by atoms with Gasteiger partial charge in [-0.1, -0.05) is 25.6 Å². The van der Waals surface area contributed by atoms with Crippen LogP contribution in [0.25, 0.3) is 0 Å². The molecule has 1 fully saturated rings. The van der Waals surface area contributed by atoms with E-state index >= 15 is 0 Å². The van der Waals surface area contributed by atoms with Crippen LogP contribution in [0.15, 0.2) is 16.7 Å². The highest BCUT2D eigenvalue weighted by atomic mass is 32.2. The number of aliphatic imine (C=N–C) groups is 1. The summed E-state index contributed by atoms with van der Waals surface area (Å²) in [5, 5.41) is 4.58. The summed E-state index contributed by atoms with van der Waals surface area (Å²) in [6, 6.07) is 0.602. The van der Waals surface area contributed by atoms with E-state index in [1.54, 1.807) is 11.3 Å². The second-order valence-corrected chi connectivity index (χ2v) is 6.35. The van der Waals surface area contributed by atoms with E-state index < -0.39 is 0 Å². The third-order valence-electron chi connectivity index (χ3n) is 2.37. The fraction of sp³-hybridized carbons (Fsp3) is 0.636. The fourth-order valence-electron chi connectivity index (χ4n) is 1.69. The molecular formula is C11H17N3S2. The Bertz CT molecular complexity index is 346. The Morgan fingerprint density at radius 2 is 2.50 bits per heavy atom. The summed E-state index contributed by atoms with van der Waals surface area (Å²) >= 11 is 3.50. The van der Waals surface area contributed by atoms with Gasteiger partial charge in [-0.05, 0) is 12.3 Å². The molecule has 1 atom stereocenters.